The fourth-order valence-corrected chi connectivity index (χ4v) is 4.98. The predicted octanol–water partition coefficient (Wildman–Crippen LogP) is 1.69. The second-order valence-corrected chi connectivity index (χ2v) is 8.98. The van der Waals surface area contributed by atoms with Crippen LogP contribution in [0.3, 0.4) is 0 Å². The normalized spacial score (nSPS) is 22.4. The van der Waals surface area contributed by atoms with Crippen molar-refractivity contribution in [3.63, 3.8) is 0 Å². The van der Waals surface area contributed by atoms with E-state index in [0.29, 0.717) is 30.8 Å². The van der Waals surface area contributed by atoms with Gasteiger partial charge < -0.3 is 10.6 Å². The number of sulfonamides is 1. The number of halogens is 1. The molecule has 0 radical (unpaired) electrons. The number of piperidine rings is 2. The van der Waals surface area contributed by atoms with Crippen LogP contribution >= 0.6 is 12.4 Å². The van der Waals surface area contributed by atoms with Gasteiger partial charge in [-0.25, -0.2) is 8.42 Å². The molecule has 2 saturated heterocycles. The summed E-state index contributed by atoms with van der Waals surface area (Å²) in [5, 5.41) is 6.40. The van der Waals surface area contributed by atoms with Crippen molar-refractivity contribution < 1.29 is 13.2 Å². The van der Waals surface area contributed by atoms with Crippen molar-refractivity contribution in [1.29, 1.82) is 0 Å². The van der Waals surface area contributed by atoms with Gasteiger partial charge in [0.05, 0.1) is 4.90 Å². The molecular weight excluding hydrogens is 374 g/mol. The maximum Gasteiger partial charge on any atom is 0.243 e. The van der Waals surface area contributed by atoms with Crippen molar-refractivity contribution in [1.82, 2.24) is 14.9 Å². The Balaban J connectivity index is 0.00000243. The van der Waals surface area contributed by atoms with Crippen molar-refractivity contribution in [3.05, 3.63) is 29.8 Å². The Bertz CT molecular complexity index is 695. The zero-order valence-corrected chi connectivity index (χ0v) is 16.7. The Kier molecular flexibility index (Phi) is 7.46. The molecule has 0 saturated carbocycles. The molecule has 1 unspecified atom stereocenters. The number of nitrogens with one attached hydrogen (secondary N) is 2. The number of benzene rings is 1. The Morgan fingerprint density at radius 1 is 1.15 bits per heavy atom. The van der Waals surface area contributed by atoms with Crippen LogP contribution in [-0.4, -0.2) is 50.9 Å². The highest BCUT2D eigenvalue weighted by Crippen LogP contribution is 2.24. The molecule has 2 heterocycles. The third kappa shape index (κ3) is 4.97. The molecule has 146 valence electrons. The van der Waals surface area contributed by atoms with Gasteiger partial charge in [-0.05, 0) is 51.3 Å². The standard InChI is InChI=1S/C18H27N3O3S.ClH/c1-14-4-6-17(7-5-14)25(23,24)21-11-8-15(9-12-21)18(22)20-16-3-2-10-19-13-16;/h4-7,15-16,19H,2-3,8-13H2,1H3,(H,20,22);1H. The summed E-state index contributed by atoms with van der Waals surface area (Å²) in [5.41, 5.74) is 1.03. The summed E-state index contributed by atoms with van der Waals surface area (Å²) in [6.45, 7) is 4.57. The van der Waals surface area contributed by atoms with E-state index in [9.17, 15) is 13.2 Å². The van der Waals surface area contributed by atoms with Crippen molar-refractivity contribution in [3.8, 4) is 0 Å². The van der Waals surface area contributed by atoms with Crippen molar-refractivity contribution in [2.75, 3.05) is 26.2 Å². The minimum absolute atomic E-state index is 0. The molecule has 0 aromatic heterocycles. The second kappa shape index (κ2) is 9.17. The van der Waals surface area contributed by atoms with E-state index in [1.54, 1.807) is 12.1 Å². The van der Waals surface area contributed by atoms with E-state index in [-0.39, 0.29) is 30.3 Å². The van der Waals surface area contributed by atoms with Crippen LogP contribution in [-0.2, 0) is 14.8 Å². The third-order valence-corrected chi connectivity index (χ3v) is 7.04. The Morgan fingerprint density at radius 2 is 1.81 bits per heavy atom. The summed E-state index contributed by atoms with van der Waals surface area (Å²) >= 11 is 0. The van der Waals surface area contributed by atoms with E-state index in [4.69, 9.17) is 0 Å². The first-order valence-corrected chi connectivity index (χ1v) is 10.5. The highest BCUT2D eigenvalue weighted by atomic mass is 35.5. The lowest BCUT2D eigenvalue weighted by atomic mass is 9.96. The van der Waals surface area contributed by atoms with E-state index in [2.05, 4.69) is 10.6 Å². The largest absolute Gasteiger partial charge is 0.352 e. The van der Waals surface area contributed by atoms with Crippen molar-refractivity contribution in [2.24, 2.45) is 5.92 Å². The lowest BCUT2D eigenvalue weighted by Gasteiger charge is -2.32. The van der Waals surface area contributed by atoms with E-state index < -0.39 is 10.0 Å². The average Bonchev–Trinajstić information content (AvgIpc) is 2.63. The summed E-state index contributed by atoms with van der Waals surface area (Å²) < 4.78 is 26.9. The molecule has 0 spiro atoms. The fraction of sp³-hybridized carbons (Fsp3) is 0.611. The fourth-order valence-electron chi connectivity index (χ4n) is 3.51. The van der Waals surface area contributed by atoms with Gasteiger partial charge in [0, 0.05) is 31.6 Å². The highest BCUT2D eigenvalue weighted by molar-refractivity contribution is 7.89. The van der Waals surface area contributed by atoms with Crippen LogP contribution in [0.4, 0.5) is 0 Å². The van der Waals surface area contributed by atoms with Crippen molar-refractivity contribution in [2.45, 2.75) is 43.5 Å². The number of carbonyl (C=O) groups excluding carboxylic acids is 1. The van der Waals surface area contributed by atoms with Crippen LogP contribution in [0.25, 0.3) is 0 Å². The van der Waals surface area contributed by atoms with Gasteiger partial charge in [-0.3, -0.25) is 4.79 Å². The lowest BCUT2D eigenvalue weighted by molar-refractivity contribution is -0.126. The summed E-state index contributed by atoms with van der Waals surface area (Å²) in [6.07, 6.45) is 3.26. The van der Waals surface area contributed by atoms with Crippen LogP contribution in [0.1, 0.15) is 31.2 Å². The second-order valence-electron chi connectivity index (χ2n) is 7.04. The molecule has 1 atom stereocenters. The molecule has 8 heteroatoms. The monoisotopic (exact) mass is 401 g/mol. The summed E-state index contributed by atoms with van der Waals surface area (Å²) in [4.78, 5) is 12.8. The molecular formula is C18H28ClN3O3S. The number of aryl methyl sites for hydroxylation is 1. The molecule has 2 aliphatic rings. The minimum atomic E-state index is -3.46. The highest BCUT2D eigenvalue weighted by Gasteiger charge is 2.32. The minimum Gasteiger partial charge on any atom is -0.352 e. The summed E-state index contributed by atoms with van der Waals surface area (Å²) in [5.74, 6) is -0.0209. The van der Waals surface area contributed by atoms with Gasteiger partial charge in [-0.2, -0.15) is 4.31 Å². The quantitative estimate of drug-likeness (QED) is 0.804. The molecule has 2 N–H and O–H groups in total. The zero-order chi connectivity index (χ0) is 17.9. The zero-order valence-electron chi connectivity index (χ0n) is 15.1. The van der Waals surface area contributed by atoms with Gasteiger partial charge in [0.2, 0.25) is 15.9 Å². The molecule has 3 rings (SSSR count). The average molecular weight is 402 g/mol. The number of hydrogen-bond donors (Lipinski definition) is 2. The number of amides is 1. The molecule has 0 bridgehead atoms. The van der Waals surface area contributed by atoms with E-state index in [1.165, 1.54) is 4.31 Å². The van der Waals surface area contributed by atoms with Crippen LogP contribution in [0.5, 0.6) is 0 Å². The third-order valence-electron chi connectivity index (χ3n) is 5.13. The van der Waals surface area contributed by atoms with Gasteiger partial charge in [-0.15, -0.1) is 12.4 Å². The SMILES string of the molecule is Cc1ccc(S(=O)(=O)N2CCC(C(=O)NC3CCCNC3)CC2)cc1.Cl. The number of hydrogen-bond acceptors (Lipinski definition) is 4. The predicted molar refractivity (Wildman–Crippen MR) is 104 cm³/mol. The van der Waals surface area contributed by atoms with Crippen LogP contribution < -0.4 is 10.6 Å². The van der Waals surface area contributed by atoms with E-state index in [1.807, 2.05) is 19.1 Å². The molecule has 2 aliphatic heterocycles. The van der Waals surface area contributed by atoms with Gasteiger partial charge >= 0.3 is 0 Å². The molecule has 2 fully saturated rings. The number of nitrogens with zero attached hydrogens (tertiary/aromatic N) is 1. The van der Waals surface area contributed by atoms with Crippen LogP contribution in [0.15, 0.2) is 29.2 Å². The molecule has 1 aromatic rings. The number of carbonyl (C=O) groups is 1. The summed E-state index contributed by atoms with van der Waals surface area (Å²) in [7, 11) is -3.46. The van der Waals surface area contributed by atoms with Crippen LogP contribution in [0, 0.1) is 12.8 Å². The topological polar surface area (TPSA) is 78.5 Å². The molecule has 6 nitrogen and oxygen atoms in total. The molecule has 1 aromatic carbocycles. The first-order chi connectivity index (χ1) is 12.0. The number of rotatable bonds is 4. The Morgan fingerprint density at radius 3 is 2.38 bits per heavy atom. The van der Waals surface area contributed by atoms with Gasteiger partial charge in [0.15, 0.2) is 0 Å². The van der Waals surface area contributed by atoms with Crippen molar-refractivity contribution >= 4 is 28.3 Å². The van der Waals surface area contributed by atoms with Gasteiger partial charge in [0.1, 0.15) is 0 Å². The van der Waals surface area contributed by atoms with Gasteiger partial charge in [0.25, 0.3) is 0 Å². The Labute approximate surface area is 162 Å². The van der Waals surface area contributed by atoms with Crippen LogP contribution in [0.2, 0.25) is 0 Å². The molecule has 26 heavy (non-hydrogen) atoms. The summed E-state index contributed by atoms with van der Waals surface area (Å²) in [6, 6.07) is 7.13. The molecule has 1 amide bonds. The van der Waals surface area contributed by atoms with Gasteiger partial charge in [-0.1, -0.05) is 17.7 Å². The van der Waals surface area contributed by atoms with E-state index in [0.717, 1.165) is 31.5 Å². The maximum absolute atomic E-state index is 12.7. The molecule has 0 aliphatic carbocycles. The maximum atomic E-state index is 12.7. The first kappa shape index (κ1) is 21.2. The van der Waals surface area contributed by atoms with E-state index >= 15 is 0 Å². The smallest absolute Gasteiger partial charge is 0.243 e. The first-order valence-electron chi connectivity index (χ1n) is 9.05. The lowest BCUT2D eigenvalue weighted by Crippen LogP contribution is -2.49. The Hall–Kier alpha value is -1.15.